The van der Waals surface area contributed by atoms with E-state index in [1.54, 1.807) is 13.2 Å². The van der Waals surface area contributed by atoms with Gasteiger partial charge in [-0.2, -0.15) is 0 Å². The lowest BCUT2D eigenvalue weighted by Gasteiger charge is -2.33. The number of nitrogens with zero attached hydrogens (tertiary/aromatic N) is 1. The molecule has 5 nitrogen and oxygen atoms in total. The normalized spacial score (nSPS) is 18.9. The monoisotopic (exact) mass is 292 g/mol. The number of benzene rings is 1. The molecule has 112 valence electrons. The fourth-order valence-corrected chi connectivity index (χ4v) is 2.97. The molecule has 0 atom stereocenters. The standard InChI is InChI=1S/C15H17FN2O3/c1-21-8-9-2-4-18(5-3-9)13-7-12-10(6-11(13)16)14(19)15(20)17-12/h6-7,9H,2-5,8H2,1H3,(H,17,19,20). The lowest BCUT2D eigenvalue weighted by Crippen LogP contribution is -2.35. The highest BCUT2D eigenvalue weighted by Crippen LogP contribution is 2.33. The van der Waals surface area contributed by atoms with E-state index >= 15 is 0 Å². The SMILES string of the molecule is COCC1CCN(c2cc3c(cc2F)C(=O)C(=O)N3)CC1. The second-order valence-electron chi connectivity index (χ2n) is 5.52. The molecule has 1 saturated heterocycles. The van der Waals surface area contributed by atoms with Crippen LogP contribution in [-0.2, 0) is 9.53 Å². The molecule has 1 aromatic rings. The summed E-state index contributed by atoms with van der Waals surface area (Å²) >= 11 is 0. The molecule has 0 aliphatic carbocycles. The van der Waals surface area contributed by atoms with Gasteiger partial charge in [0.15, 0.2) is 0 Å². The molecule has 2 aliphatic heterocycles. The third-order valence-corrected chi connectivity index (χ3v) is 4.14. The van der Waals surface area contributed by atoms with Crippen molar-refractivity contribution >= 4 is 23.1 Å². The van der Waals surface area contributed by atoms with Gasteiger partial charge in [-0.15, -0.1) is 0 Å². The summed E-state index contributed by atoms with van der Waals surface area (Å²) in [6.07, 6.45) is 1.88. The number of hydrogen-bond acceptors (Lipinski definition) is 4. The second-order valence-corrected chi connectivity index (χ2v) is 5.52. The first kappa shape index (κ1) is 14.0. The van der Waals surface area contributed by atoms with Gasteiger partial charge in [0.05, 0.1) is 16.9 Å². The van der Waals surface area contributed by atoms with E-state index in [4.69, 9.17) is 4.74 Å². The van der Waals surface area contributed by atoms with Gasteiger partial charge in [0.2, 0.25) is 0 Å². The maximum absolute atomic E-state index is 14.2. The van der Waals surface area contributed by atoms with Crippen molar-refractivity contribution < 1.29 is 18.7 Å². The molecule has 0 spiro atoms. The second kappa shape index (κ2) is 5.44. The molecule has 2 heterocycles. The summed E-state index contributed by atoms with van der Waals surface area (Å²) in [6.45, 7) is 2.21. The van der Waals surface area contributed by atoms with Crippen LogP contribution in [0.25, 0.3) is 0 Å². The molecule has 1 amide bonds. The Morgan fingerprint density at radius 3 is 2.71 bits per heavy atom. The van der Waals surface area contributed by atoms with Crippen molar-refractivity contribution in [2.75, 3.05) is 37.0 Å². The van der Waals surface area contributed by atoms with Crippen molar-refractivity contribution in [2.45, 2.75) is 12.8 Å². The Labute approximate surface area is 122 Å². The first-order valence-corrected chi connectivity index (χ1v) is 7.03. The Morgan fingerprint density at radius 2 is 2.05 bits per heavy atom. The number of nitrogens with one attached hydrogen (secondary N) is 1. The number of ether oxygens (including phenoxy) is 1. The lowest BCUT2D eigenvalue weighted by atomic mass is 9.97. The van der Waals surface area contributed by atoms with Crippen LogP contribution < -0.4 is 10.2 Å². The van der Waals surface area contributed by atoms with Gasteiger partial charge in [-0.05, 0) is 30.9 Å². The van der Waals surface area contributed by atoms with Crippen LogP contribution in [-0.4, -0.2) is 38.5 Å². The molecule has 0 aromatic heterocycles. The molecule has 1 aromatic carbocycles. The highest BCUT2D eigenvalue weighted by atomic mass is 19.1. The molecule has 21 heavy (non-hydrogen) atoms. The topological polar surface area (TPSA) is 58.6 Å². The molecular formula is C15H17FN2O3. The van der Waals surface area contributed by atoms with Gasteiger partial charge in [0.1, 0.15) is 5.82 Å². The molecule has 0 radical (unpaired) electrons. The molecule has 2 aliphatic rings. The zero-order chi connectivity index (χ0) is 15.0. The number of Topliss-reactive ketones (excluding diaryl/α,β-unsaturated/α-hetero) is 1. The number of methoxy groups -OCH3 is 1. The first-order valence-electron chi connectivity index (χ1n) is 7.03. The van der Waals surface area contributed by atoms with Gasteiger partial charge in [-0.1, -0.05) is 0 Å². The molecular weight excluding hydrogens is 275 g/mol. The van der Waals surface area contributed by atoms with Crippen molar-refractivity contribution in [1.82, 2.24) is 0 Å². The maximum atomic E-state index is 14.2. The van der Waals surface area contributed by atoms with Gasteiger partial charge in [0.25, 0.3) is 11.7 Å². The zero-order valence-electron chi connectivity index (χ0n) is 11.8. The molecule has 0 saturated carbocycles. The van der Waals surface area contributed by atoms with Crippen molar-refractivity contribution in [3.05, 3.63) is 23.5 Å². The third-order valence-electron chi connectivity index (χ3n) is 4.14. The number of amides is 1. The lowest BCUT2D eigenvalue weighted by molar-refractivity contribution is -0.112. The van der Waals surface area contributed by atoms with E-state index in [9.17, 15) is 14.0 Å². The summed E-state index contributed by atoms with van der Waals surface area (Å²) in [5.41, 5.74) is 0.968. The first-order chi connectivity index (χ1) is 10.1. The predicted octanol–water partition coefficient (Wildman–Crippen LogP) is 1.82. The van der Waals surface area contributed by atoms with E-state index in [0.717, 1.165) is 38.6 Å². The molecule has 1 fully saturated rings. The number of ketones is 1. The van der Waals surface area contributed by atoms with E-state index in [1.165, 1.54) is 0 Å². The van der Waals surface area contributed by atoms with E-state index in [-0.39, 0.29) is 5.56 Å². The highest BCUT2D eigenvalue weighted by Gasteiger charge is 2.31. The Balaban J connectivity index is 1.80. The Hall–Kier alpha value is -1.95. The fraction of sp³-hybridized carbons (Fsp3) is 0.467. The number of carbonyl (C=O) groups excluding carboxylic acids is 2. The smallest absolute Gasteiger partial charge is 0.296 e. The van der Waals surface area contributed by atoms with Crippen molar-refractivity contribution in [2.24, 2.45) is 5.92 Å². The summed E-state index contributed by atoms with van der Waals surface area (Å²) in [5.74, 6) is -1.32. The van der Waals surface area contributed by atoms with Crippen molar-refractivity contribution in [3.63, 3.8) is 0 Å². The highest BCUT2D eigenvalue weighted by molar-refractivity contribution is 6.51. The number of fused-ring (bicyclic) bond motifs is 1. The zero-order valence-corrected chi connectivity index (χ0v) is 11.8. The summed E-state index contributed by atoms with van der Waals surface area (Å²) in [4.78, 5) is 24.8. The Kier molecular flexibility index (Phi) is 3.63. The van der Waals surface area contributed by atoms with Crippen LogP contribution in [0.1, 0.15) is 23.2 Å². The number of halogens is 1. The summed E-state index contributed by atoms with van der Waals surface area (Å²) in [5, 5.41) is 2.48. The molecule has 6 heteroatoms. The van der Waals surface area contributed by atoms with E-state index in [1.807, 2.05) is 4.90 Å². The summed E-state index contributed by atoms with van der Waals surface area (Å²) in [6, 6.07) is 2.72. The van der Waals surface area contributed by atoms with Crippen LogP contribution >= 0.6 is 0 Å². The molecule has 0 unspecified atom stereocenters. The van der Waals surface area contributed by atoms with Crippen LogP contribution in [0.3, 0.4) is 0 Å². The Bertz CT molecular complexity index is 595. The quantitative estimate of drug-likeness (QED) is 0.863. The third kappa shape index (κ3) is 2.51. The van der Waals surface area contributed by atoms with E-state index in [0.29, 0.717) is 17.3 Å². The van der Waals surface area contributed by atoms with Gasteiger partial charge in [0, 0.05) is 26.8 Å². The van der Waals surface area contributed by atoms with Gasteiger partial charge < -0.3 is 15.0 Å². The molecule has 1 N–H and O–H groups in total. The average molecular weight is 292 g/mol. The van der Waals surface area contributed by atoms with Crippen LogP contribution in [0.4, 0.5) is 15.8 Å². The van der Waals surface area contributed by atoms with Gasteiger partial charge >= 0.3 is 0 Å². The Morgan fingerprint density at radius 1 is 1.33 bits per heavy atom. The molecule has 3 rings (SSSR count). The van der Waals surface area contributed by atoms with Crippen molar-refractivity contribution in [1.29, 1.82) is 0 Å². The minimum absolute atomic E-state index is 0.121. The van der Waals surface area contributed by atoms with Crippen LogP contribution in [0.2, 0.25) is 0 Å². The van der Waals surface area contributed by atoms with Crippen LogP contribution in [0.5, 0.6) is 0 Å². The van der Waals surface area contributed by atoms with Crippen molar-refractivity contribution in [3.8, 4) is 0 Å². The average Bonchev–Trinajstić information content (AvgIpc) is 2.75. The summed E-state index contributed by atoms with van der Waals surface area (Å²) in [7, 11) is 1.69. The fourth-order valence-electron chi connectivity index (χ4n) is 2.97. The largest absolute Gasteiger partial charge is 0.384 e. The minimum atomic E-state index is -0.694. The van der Waals surface area contributed by atoms with E-state index in [2.05, 4.69) is 5.32 Å². The van der Waals surface area contributed by atoms with Gasteiger partial charge in [-0.25, -0.2) is 4.39 Å². The summed E-state index contributed by atoms with van der Waals surface area (Å²) < 4.78 is 19.4. The van der Waals surface area contributed by atoms with Gasteiger partial charge in [-0.3, -0.25) is 9.59 Å². The number of rotatable bonds is 3. The molecule has 0 bridgehead atoms. The van der Waals surface area contributed by atoms with Crippen LogP contribution in [0.15, 0.2) is 12.1 Å². The number of anilines is 2. The number of hydrogen-bond donors (Lipinski definition) is 1. The predicted molar refractivity (Wildman–Crippen MR) is 76.2 cm³/mol. The minimum Gasteiger partial charge on any atom is -0.384 e. The number of piperidine rings is 1. The number of carbonyl (C=O) groups is 2. The van der Waals surface area contributed by atoms with E-state index < -0.39 is 17.5 Å². The maximum Gasteiger partial charge on any atom is 0.296 e. The van der Waals surface area contributed by atoms with Crippen LogP contribution in [0, 0.1) is 11.7 Å².